The van der Waals surface area contributed by atoms with Crippen LogP contribution >= 0.6 is 55.9 Å². The van der Waals surface area contributed by atoms with Crippen LogP contribution in [0.15, 0.2) is 59.2 Å². The average Bonchev–Trinajstić information content (AvgIpc) is 0.765. The molecule has 4 heterocycles. The number of aryl methyl sites for hydroxylation is 1. The Balaban J connectivity index is 1.03. The van der Waals surface area contributed by atoms with E-state index in [0.29, 0.717) is 21.4 Å². The molecule has 2 aliphatic carbocycles. The first kappa shape index (κ1) is 73.1. The summed E-state index contributed by atoms with van der Waals surface area (Å²) in [6.07, 6.45) is -12.6. The quantitative estimate of drug-likeness (QED) is 0.0214. The predicted molar refractivity (Wildman–Crippen MR) is 350 cm³/mol. The normalized spacial score (nSPS) is 34.3. The van der Waals surface area contributed by atoms with Gasteiger partial charge in [-0.05, 0) is 108 Å². The zero-order valence-electron chi connectivity index (χ0n) is 53.3. The molecule has 4 saturated heterocycles. The zero-order chi connectivity index (χ0) is 66.2. The number of rotatable bonds is 24. The highest BCUT2D eigenvalue weighted by molar-refractivity contribution is 14.1. The lowest BCUT2D eigenvalue weighted by Crippen LogP contribution is -2.65. The Kier molecular flexibility index (Phi) is 26.0. The molecule has 0 saturated carbocycles. The van der Waals surface area contributed by atoms with Crippen LogP contribution in [0.1, 0.15) is 101 Å². The third-order valence-electron chi connectivity index (χ3n) is 16.8. The van der Waals surface area contributed by atoms with E-state index >= 15 is 0 Å². The number of carbonyl (C=O) groups is 3. The maximum atomic E-state index is 14.5. The molecule has 4 aliphatic heterocycles. The summed E-state index contributed by atoms with van der Waals surface area (Å²) in [7, 11) is 8.86. The van der Waals surface area contributed by atoms with Gasteiger partial charge in [-0.3, -0.25) is 19.2 Å². The number of likely N-dealkylation sites (N-methyl/N-ethyl adjacent to an activating group) is 1. The van der Waals surface area contributed by atoms with Crippen molar-refractivity contribution in [2.45, 2.75) is 208 Å². The van der Waals surface area contributed by atoms with Crippen molar-refractivity contribution in [1.82, 2.24) is 10.8 Å². The summed E-state index contributed by atoms with van der Waals surface area (Å²) in [5.74, 6) is 11.6. The van der Waals surface area contributed by atoms with Gasteiger partial charge in [0.05, 0.1) is 84.2 Å². The summed E-state index contributed by atoms with van der Waals surface area (Å²) in [5, 5.41) is 60.8. The lowest BCUT2D eigenvalue weighted by Gasteiger charge is -2.46. The van der Waals surface area contributed by atoms with Gasteiger partial charge in [0.2, 0.25) is 17.2 Å². The number of thioether (sulfide) groups is 1. The first-order valence-corrected chi connectivity index (χ1v) is 34.5. The van der Waals surface area contributed by atoms with E-state index < -0.39 is 120 Å². The van der Waals surface area contributed by atoms with Crippen LogP contribution in [0.25, 0.3) is 0 Å². The second kappa shape index (κ2) is 32.4. The minimum Gasteiger partial charge on any atom is -0.492 e. The largest absolute Gasteiger partial charge is 0.492 e. The lowest BCUT2D eigenvalue weighted by molar-refractivity contribution is -0.336. The number of aliphatic hydroxyl groups is 5. The van der Waals surface area contributed by atoms with Crippen LogP contribution in [0.5, 0.6) is 17.2 Å². The Morgan fingerprint density at radius 1 is 0.857 bits per heavy atom. The first-order chi connectivity index (χ1) is 43.3. The average molecular weight is 1440 g/mol. The molecule has 8 rings (SSSR count). The fraction of sp³-hybridized carbons (Fsp3) is 0.615. The topological polar surface area (TPSA) is 287 Å². The molecule has 2 aromatic carbocycles. The number of hydroxylamine groups is 1. The van der Waals surface area contributed by atoms with Gasteiger partial charge in [0.1, 0.15) is 42.4 Å². The molecule has 22 nitrogen and oxygen atoms in total. The molecular weight excluding hydrogens is 1350 g/mol. The van der Waals surface area contributed by atoms with Crippen LogP contribution in [-0.4, -0.2) is 205 Å². The molecule has 0 aromatic heterocycles. The molecule has 500 valence electrons. The number of benzene rings is 2. The number of fused-ring (bicyclic) bond motifs is 2. The summed E-state index contributed by atoms with van der Waals surface area (Å²) in [6, 6.07) is 7.09. The van der Waals surface area contributed by atoms with Crippen molar-refractivity contribution in [2.75, 3.05) is 47.3 Å². The van der Waals surface area contributed by atoms with Gasteiger partial charge in [-0.2, -0.15) is 5.48 Å². The van der Waals surface area contributed by atoms with Crippen LogP contribution in [0.4, 0.5) is 0 Å². The number of hydrogen-bond acceptors (Lipinski definition) is 25. The molecule has 6 aliphatic rings. The number of aliphatic hydroxyl groups excluding tert-OH is 4. The van der Waals surface area contributed by atoms with E-state index in [1.165, 1.54) is 51.2 Å². The minimum absolute atomic E-state index is 0.0315. The van der Waals surface area contributed by atoms with Crippen LogP contribution in [-0.2, 0) is 57.1 Å². The number of ketones is 2. The van der Waals surface area contributed by atoms with Crippen molar-refractivity contribution in [3.8, 4) is 40.9 Å². The summed E-state index contributed by atoms with van der Waals surface area (Å²) in [4.78, 5) is 48.1. The van der Waals surface area contributed by atoms with E-state index in [1.54, 1.807) is 51.7 Å². The van der Waals surface area contributed by atoms with Gasteiger partial charge in [0.25, 0.3) is 0 Å². The van der Waals surface area contributed by atoms with E-state index in [4.69, 9.17) is 56.9 Å². The number of carbonyl (C=O) groups excluding carboxylic acids is 3. The van der Waals surface area contributed by atoms with Crippen LogP contribution < -0.4 is 25.0 Å². The standard InChI is InChI=1S/C65H85IN2O20S3/c1-14-67-41-31-81-46(29-45(41)77-10)86-58-53(73)51(68-88-47-28-42(70)60(37(7)82-47)90-61(75)48-34(4)50(66)56(59(80-13)55(48)78-11)87-62-54(74)57(79-12)52(72)36(6)84-62)35(5)83-63(58)85-44-19-17-15-16-18-25-65(76)30-43(71)39(27-33(3)69)49(44)40(65)24-26-89-91-64(8,9)38-22-20-32(2)21-23-38/h15-16,20-24,35-37,41-42,44-47,51-54,57-58,60,62-63,67-68,70,72-74,76H,14,26-31H2,1-13H3/b16-15-,40-24+/t35-,36+,37-,41+,42+,44+,45+,46+,47+,51-,52+,53+,54-,57-,58-,60-,62+,63+,65+/m1/s1. The molecule has 0 spiro atoms. The Bertz CT molecular complexity index is 3130. The Hall–Kier alpha value is -3.67. The van der Waals surface area contributed by atoms with Gasteiger partial charge in [-0.25, -0.2) is 0 Å². The molecule has 4 fully saturated rings. The van der Waals surface area contributed by atoms with E-state index in [-0.39, 0.29) is 88.1 Å². The number of ether oxygens (including phenoxy) is 11. The maximum absolute atomic E-state index is 14.5. The van der Waals surface area contributed by atoms with Crippen molar-refractivity contribution in [3.05, 3.63) is 85.0 Å². The molecule has 7 N–H and O–H groups in total. The number of Topliss-reactive ketones (excluding diaryl/α,β-unsaturated/α-hetero) is 2. The number of nitrogens with one attached hydrogen (secondary N) is 2. The zero-order valence-corrected chi connectivity index (χ0v) is 58.0. The highest BCUT2D eigenvalue weighted by Crippen LogP contribution is 2.50. The SMILES string of the molecule is CCN[C@H]1CO[C@@H](O[C@H]2[C@H](O[C@H]3C#C/C=C\C#C[C@]4(O)CC(=O)C(CC(C)=O)=C3/C4=C\CSSC(C)(C)c3ccc(C)cc3)O[C@H](C)[C@@H](NO[C@H]3C[C@H](O)[C@H](SC(=O)c4c(C)c(I)c(O[C@@H]5O[C@@H](C)[C@H](O)[C@@H](OC)[C@H]5O)c(OC)c4OC)[C@@H](C)O3)[C@@H]2O)C[C@@H]1OC. The lowest BCUT2D eigenvalue weighted by atomic mass is 9.72. The summed E-state index contributed by atoms with van der Waals surface area (Å²) >= 11 is 2.84. The number of halogens is 1. The molecule has 19 atom stereocenters. The van der Waals surface area contributed by atoms with Crippen LogP contribution in [0, 0.1) is 41.1 Å². The van der Waals surface area contributed by atoms with Gasteiger partial charge in [0.15, 0.2) is 41.8 Å². The van der Waals surface area contributed by atoms with Crippen molar-refractivity contribution < 1.29 is 96.9 Å². The molecule has 0 unspecified atom stereocenters. The predicted octanol–water partition coefficient (Wildman–Crippen LogP) is 5.83. The smallest absolute Gasteiger partial charge is 0.229 e. The van der Waals surface area contributed by atoms with Gasteiger partial charge in [-0.15, -0.1) is 0 Å². The van der Waals surface area contributed by atoms with Crippen molar-refractivity contribution in [2.24, 2.45) is 0 Å². The summed E-state index contributed by atoms with van der Waals surface area (Å²) < 4.78 is 67.9. The van der Waals surface area contributed by atoms with Crippen molar-refractivity contribution in [1.29, 1.82) is 0 Å². The van der Waals surface area contributed by atoms with Crippen LogP contribution in [0.2, 0.25) is 0 Å². The number of methoxy groups -OCH3 is 4. The Morgan fingerprint density at radius 2 is 1.56 bits per heavy atom. The second-order valence-electron chi connectivity index (χ2n) is 23.7. The molecule has 26 heteroatoms. The maximum Gasteiger partial charge on any atom is 0.229 e. The monoisotopic (exact) mass is 1440 g/mol. The van der Waals surface area contributed by atoms with E-state index in [2.05, 4.69) is 72.6 Å². The van der Waals surface area contributed by atoms with Crippen LogP contribution in [0.3, 0.4) is 0 Å². The van der Waals surface area contributed by atoms with Gasteiger partial charge >= 0.3 is 0 Å². The number of allylic oxidation sites excluding steroid dienone is 3. The molecule has 0 radical (unpaired) electrons. The third-order valence-corrected chi connectivity index (χ3v) is 22.6. The molecule has 2 bridgehead atoms. The van der Waals surface area contributed by atoms with E-state index in [1.807, 2.05) is 36.4 Å². The Morgan fingerprint density at radius 3 is 2.22 bits per heavy atom. The third kappa shape index (κ3) is 16.9. The molecule has 91 heavy (non-hydrogen) atoms. The molecule has 2 aromatic rings. The van der Waals surface area contributed by atoms with E-state index in [9.17, 15) is 39.9 Å². The summed E-state index contributed by atoms with van der Waals surface area (Å²) in [6.45, 7) is 17.2. The highest BCUT2D eigenvalue weighted by Gasteiger charge is 2.52. The molecular formula is C65H85IN2O20S3. The van der Waals surface area contributed by atoms with Gasteiger partial charge < -0.3 is 83.0 Å². The van der Waals surface area contributed by atoms with Gasteiger partial charge in [-0.1, -0.05) is 99.9 Å². The fourth-order valence-electron chi connectivity index (χ4n) is 11.8. The minimum atomic E-state index is -2.02. The second-order valence-corrected chi connectivity index (χ2v) is 28.9. The van der Waals surface area contributed by atoms with Crippen molar-refractivity contribution in [3.63, 3.8) is 0 Å². The van der Waals surface area contributed by atoms with Crippen molar-refractivity contribution >= 4 is 72.6 Å². The molecule has 0 amide bonds. The van der Waals surface area contributed by atoms with Gasteiger partial charge in [0, 0.05) is 60.7 Å². The Labute approximate surface area is 558 Å². The highest BCUT2D eigenvalue weighted by atomic mass is 127. The first-order valence-electron chi connectivity index (χ1n) is 30.2. The summed E-state index contributed by atoms with van der Waals surface area (Å²) in [5.41, 5.74) is 4.27. The number of hydrogen-bond donors (Lipinski definition) is 7. The van der Waals surface area contributed by atoms with E-state index in [0.717, 1.165) is 22.9 Å². The fourth-order valence-corrected chi connectivity index (χ4v) is 16.0.